The van der Waals surface area contributed by atoms with Crippen molar-refractivity contribution in [1.82, 2.24) is 10.6 Å². The van der Waals surface area contributed by atoms with Crippen LogP contribution in [-0.2, 0) is 11.3 Å². The van der Waals surface area contributed by atoms with Crippen LogP contribution in [0.25, 0.3) is 0 Å². The van der Waals surface area contributed by atoms with Crippen LogP contribution in [0.2, 0.25) is 0 Å². The highest BCUT2D eigenvalue weighted by atomic mass is 16.5. The van der Waals surface area contributed by atoms with Gasteiger partial charge in [0, 0.05) is 12.6 Å². The molecule has 2 rings (SSSR count). The third kappa shape index (κ3) is 4.98. The second-order valence-electron chi connectivity index (χ2n) is 6.09. The highest BCUT2D eigenvalue weighted by Gasteiger charge is 2.31. The lowest BCUT2D eigenvalue weighted by atomic mass is 10.0. The first-order valence-corrected chi connectivity index (χ1v) is 8.61. The molecule has 0 aromatic heterocycles. The number of benzene rings is 2. The van der Waals surface area contributed by atoms with E-state index in [-0.39, 0.29) is 5.91 Å². The van der Waals surface area contributed by atoms with Crippen LogP contribution in [0, 0.1) is 0 Å². The first-order valence-electron chi connectivity index (χ1n) is 8.61. The second-order valence-corrected chi connectivity index (χ2v) is 6.09. The van der Waals surface area contributed by atoms with Gasteiger partial charge >= 0.3 is 6.03 Å². The molecule has 0 spiro atoms. The highest BCUT2D eigenvalue weighted by molar-refractivity contribution is 5.96. The molecule has 0 aliphatic heterocycles. The van der Waals surface area contributed by atoms with E-state index < -0.39 is 12.1 Å². The zero-order chi connectivity index (χ0) is 19.8. The van der Waals surface area contributed by atoms with E-state index in [0.29, 0.717) is 18.0 Å². The predicted octanol–water partition coefficient (Wildman–Crippen LogP) is 0.915. The van der Waals surface area contributed by atoms with Gasteiger partial charge in [-0.25, -0.2) is 4.79 Å². The van der Waals surface area contributed by atoms with Crippen molar-refractivity contribution in [3.05, 3.63) is 59.7 Å². The van der Waals surface area contributed by atoms with Crippen LogP contribution in [-0.4, -0.2) is 40.3 Å². The van der Waals surface area contributed by atoms with E-state index in [1.807, 2.05) is 55.6 Å². The lowest BCUT2D eigenvalue weighted by molar-refractivity contribution is -0.916. The van der Waals surface area contributed by atoms with E-state index in [1.165, 1.54) is 7.05 Å². The molecule has 0 radical (unpaired) electrons. The molecule has 0 saturated heterocycles. The van der Waals surface area contributed by atoms with Gasteiger partial charge < -0.3 is 19.7 Å². The molecule has 2 atom stereocenters. The van der Waals surface area contributed by atoms with E-state index >= 15 is 0 Å². The molecule has 2 aromatic carbocycles. The zero-order valence-corrected chi connectivity index (χ0v) is 16.0. The molecule has 0 saturated carbocycles. The molecule has 144 valence electrons. The average molecular weight is 372 g/mol. The number of urea groups is 1. The minimum Gasteiger partial charge on any atom is -0.493 e. The van der Waals surface area contributed by atoms with Gasteiger partial charge in [0.25, 0.3) is 5.91 Å². The van der Waals surface area contributed by atoms with Crippen molar-refractivity contribution in [2.75, 3.05) is 28.3 Å². The van der Waals surface area contributed by atoms with Gasteiger partial charge in [-0.3, -0.25) is 10.1 Å². The smallest absolute Gasteiger partial charge is 0.321 e. The van der Waals surface area contributed by atoms with Gasteiger partial charge in [0.15, 0.2) is 17.5 Å². The number of nitrogens with one attached hydrogen (secondary N) is 3. The number of carbonyl (C=O) groups excluding carboxylic acids is 2. The van der Waals surface area contributed by atoms with Crippen LogP contribution in [0.5, 0.6) is 11.5 Å². The maximum Gasteiger partial charge on any atom is 0.321 e. The molecule has 0 bridgehead atoms. The SMILES string of the molecule is CNC(=O)NC(=O)[C@@H](c1ccccc1)[NH+](C)Cc1cccc(OC)c1OC. The first-order chi connectivity index (χ1) is 13.0. The van der Waals surface area contributed by atoms with Crippen LogP contribution >= 0.6 is 0 Å². The molecule has 7 nitrogen and oxygen atoms in total. The summed E-state index contributed by atoms with van der Waals surface area (Å²) in [6.45, 7) is 0.501. The summed E-state index contributed by atoms with van der Waals surface area (Å²) in [6, 6.07) is 13.9. The molecular formula is C20H26N3O4+. The number of hydrogen-bond acceptors (Lipinski definition) is 4. The van der Waals surface area contributed by atoms with Crippen molar-refractivity contribution in [2.24, 2.45) is 0 Å². The Bertz CT molecular complexity index is 780. The molecule has 3 N–H and O–H groups in total. The fourth-order valence-electron chi connectivity index (χ4n) is 3.05. The van der Waals surface area contributed by atoms with Gasteiger partial charge in [0.05, 0.1) is 26.8 Å². The Labute approximate surface area is 159 Å². The maximum atomic E-state index is 12.8. The topological polar surface area (TPSA) is 81.1 Å². The molecule has 7 heteroatoms. The Morgan fingerprint density at radius 2 is 1.74 bits per heavy atom. The van der Waals surface area contributed by atoms with Gasteiger partial charge in [-0.05, 0) is 12.1 Å². The molecule has 27 heavy (non-hydrogen) atoms. The minimum absolute atomic E-state index is 0.375. The van der Waals surface area contributed by atoms with E-state index in [4.69, 9.17) is 9.47 Å². The van der Waals surface area contributed by atoms with Crippen molar-refractivity contribution < 1.29 is 24.0 Å². The lowest BCUT2D eigenvalue weighted by Gasteiger charge is -2.25. The van der Waals surface area contributed by atoms with Gasteiger partial charge in [-0.15, -0.1) is 0 Å². The van der Waals surface area contributed by atoms with Gasteiger partial charge in [-0.1, -0.05) is 36.4 Å². The Morgan fingerprint density at radius 1 is 1.04 bits per heavy atom. The van der Waals surface area contributed by atoms with Crippen molar-refractivity contribution in [3.8, 4) is 11.5 Å². The summed E-state index contributed by atoms with van der Waals surface area (Å²) in [6.07, 6.45) is 0. The number of quaternary nitrogens is 1. The van der Waals surface area contributed by atoms with Crippen LogP contribution in [0.15, 0.2) is 48.5 Å². The number of likely N-dealkylation sites (N-methyl/N-ethyl adjacent to an activating group) is 1. The molecule has 0 heterocycles. The molecular weight excluding hydrogens is 346 g/mol. The number of hydrogen-bond donors (Lipinski definition) is 3. The fraction of sp³-hybridized carbons (Fsp3) is 0.300. The summed E-state index contributed by atoms with van der Waals surface area (Å²) >= 11 is 0. The number of para-hydroxylation sites is 1. The number of amides is 3. The summed E-state index contributed by atoms with van der Waals surface area (Å²) in [4.78, 5) is 25.3. The van der Waals surface area contributed by atoms with Gasteiger partial charge in [0.1, 0.15) is 6.54 Å². The van der Waals surface area contributed by atoms with E-state index in [2.05, 4.69) is 10.6 Å². The van der Waals surface area contributed by atoms with Crippen molar-refractivity contribution >= 4 is 11.9 Å². The number of methoxy groups -OCH3 is 2. The molecule has 1 unspecified atom stereocenters. The molecule has 3 amide bonds. The normalized spacial score (nSPS) is 12.6. The monoisotopic (exact) mass is 372 g/mol. The molecule has 2 aromatic rings. The average Bonchev–Trinajstić information content (AvgIpc) is 2.68. The number of rotatable bonds is 7. The van der Waals surface area contributed by atoms with Crippen LogP contribution in [0.3, 0.4) is 0 Å². The van der Waals surface area contributed by atoms with Crippen molar-refractivity contribution in [1.29, 1.82) is 0 Å². The Balaban J connectivity index is 2.33. The van der Waals surface area contributed by atoms with Crippen LogP contribution in [0.4, 0.5) is 4.79 Å². The quantitative estimate of drug-likeness (QED) is 0.675. The van der Waals surface area contributed by atoms with E-state index in [0.717, 1.165) is 16.0 Å². The summed E-state index contributed by atoms with van der Waals surface area (Å²) in [5, 5.41) is 4.79. The summed E-state index contributed by atoms with van der Waals surface area (Å²) in [7, 11) is 6.54. The van der Waals surface area contributed by atoms with E-state index in [9.17, 15) is 9.59 Å². The third-order valence-corrected chi connectivity index (χ3v) is 4.31. The van der Waals surface area contributed by atoms with E-state index in [1.54, 1.807) is 14.2 Å². The fourth-order valence-corrected chi connectivity index (χ4v) is 3.05. The summed E-state index contributed by atoms with van der Waals surface area (Å²) in [5.74, 6) is 0.895. The lowest BCUT2D eigenvalue weighted by Crippen LogP contribution is -3.09. The standard InChI is InChI=1S/C20H25N3O4/c1-21-20(25)22-19(24)17(14-9-6-5-7-10-14)23(2)13-15-11-8-12-16(26-3)18(15)27-4/h5-12,17H,13H2,1-4H3,(H2,21,22,24,25)/p+1/t17-/m1/s1. The summed E-state index contributed by atoms with van der Waals surface area (Å²) in [5.41, 5.74) is 1.72. The van der Waals surface area contributed by atoms with Gasteiger partial charge in [-0.2, -0.15) is 0 Å². The number of imide groups is 1. The minimum atomic E-state index is -0.570. The summed E-state index contributed by atoms with van der Waals surface area (Å²) < 4.78 is 10.8. The third-order valence-electron chi connectivity index (χ3n) is 4.31. The maximum absolute atomic E-state index is 12.8. The van der Waals surface area contributed by atoms with Crippen molar-refractivity contribution in [2.45, 2.75) is 12.6 Å². The zero-order valence-electron chi connectivity index (χ0n) is 16.0. The molecule has 0 fully saturated rings. The number of ether oxygens (including phenoxy) is 2. The highest BCUT2D eigenvalue weighted by Crippen LogP contribution is 2.30. The van der Waals surface area contributed by atoms with Crippen LogP contribution in [0.1, 0.15) is 17.2 Å². The Kier molecular flexibility index (Phi) is 7.19. The molecule has 0 aliphatic rings. The first kappa shape index (κ1) is 20.3. The predicted molar refractivity (Wildman–Crippen MR) is 102 cm³/mol. The second kappa shape index (κ2) is 9.59. The Hall–Kier alpha value is -3.06. The number of carbonyl (C=O) groups is 2. The largest absolute Gasteiger partial charge is 0.493 e. The molecule has 0 aliphatic carbocycles. The van der Waals surface area contributed by atoms with Gasteiger partial charge in [0.2, 0.25) is 0 Å². The Morgan fingerprint density at radius 3 is 2.33 bits per heavy atom. The van der Waals surface area contributed by atoms with Crippen LogP contribution < -0.4 is 25.0 Å². The van der Waals surface area contributed by atoms with Crippen molar-refractivity contribution in [3.63, 3.8) is 0 Å².